The van der Waals surface area contributed by atoms with Crippen molar-refractivity contribution >= 4 is 14.6 Å². The third-order valence-electron chi connectivity index (χ3n) is 5.87. The van der Waals surface area contributed by atoms with Gasteiger partial charge in [0.15, 0.2) is 0 Å². The van der Waals surface area contributed by atoms with Gasteiger partial charge in [-0.15, -0.1) is 0 Å². The highest BCUT2D eigenvalue weighted by Crippen LogP contribution is 2.44. The monoisotopic (exact) mass is 380 g/mol. The highest BCUT2D eigenvalue weighted by molar-refractivity contribution is 6.77. The maximum Gasteiger partial charge on any atom is 0.201 e. The molecule has 0 aliphatic heterocycles. The molecule has 26 heavy (non-hydrogen) atoms. The largest absolute Gasteiger partial charge is 0.409 e. The molecule has 2 nitrogen and oxygen atoms in total. The van der Waals surface area contributed by atoms with Crippen molar-refractivity contribution in [3.05, 3.63) is 23.3 Å². The maximum absolute atomic E-state index is 11.2. The van der Waals surface area contributed by atoms with Gasteiger partial charge in [0.05, 0.1) is 6.10 Å². The van der Waals surface area contributed by atoms with Crippen LogP contribution in [0, 0.1) is 11.8 Å². The number of aldehydes is 1. The van der Waals surface area contributed by atoms with Gasteiger partial charge in [0.1, 0.15) is 6.29 Å². The van der Waals surface area contributed by atoms with E-state index < -0.39 is 8.32 Å². The summed E-state index contributed by atoms with van der Waals surface area (Å²) in [5.74, 6) is 0.723. The van der Waals surface area contributed by atoms with Crippen LogP contribution in [0.2, 0.25) is 16.6 Å². The zero-order valence-electron chi connectivity index (χ0n) is 19.2. The van der Waals surface area contributed by atoms with E-state index in [0.717, 1.165) is 18.3 Å². The standard InChI is InChI=1S/C23H44O2Si/c1-12-19(8)13-21(10)23(22(11)14-20(9)15-24)25-26(16(2)3,17(4)5)18(6)7/h13-19,22-23H,12H2,1-11H3/b20-14+,21-13+/t19-,22+,23-/m0/s1. The second kappa shape index (κ2) is 11.2. The molecule has 0 aliphatic carbocycles. The Labute approximate surface area is 164 Å². The van der Waals surface area contributed by atoms with Crippen molar-refractivity contribution in [2.24, 2.45) is 11.8 Å². The van der Waals surface area contributed by atoms with Crippen molar-refractivity contribution in [3.63, 3.8) is 0 Å². The summed E-state index contributed by atoms with van der Waals surface area (Å²) in [6, 6.07) is 0. The van der Waals surface area contributed by atoms with Crippen molar-refractivity contribution in [3.8, 4) is 0 Å². The first-order valence-electron chi connectivity index (χ1n) is 10.4. The first-order chi connectivity index (χ1) is 11.9. The Kier molecular flexibility index (Phi) is 10.9. The summed E-state index contributed by atoms with van der Waals surface area (Å²) in [7, 11) is -2.00. The van der Waals surface area contributed by atoms with E-state index in [4.69, 9.17) is 4.43 Å². The van der Waals surface area contributed by atoms with Gasteiger partial charge in [0.2, 0.25) is 8.32 Å². The number of carbonyl (C=O) groups is 1. The van der Waals surface area contributed by atoms with Gasteiger partial charge in [-0.1, -0.05) is 80.9 Å². The molecule has 0 aromatic rings. The molecule has 152 valence electrons. The fourth-order valence-electron chi connectivity index (χ4n) is 4.45. The van der Waals surface area contributed by atoms with E-state index in [-0.39, 0.29) is 12.0 Å². The van der Waals surface area contributed by atoms with Gasteiger partial charge in [0, 0.05) is 5.92 Å². The Hall–Kier alpha value is -0.673. The summed E-state index contributed by atoms with van der Waals surface area (Å²) in [4.78, 5) is 11.2. The zero-order valence-corrected chi connectivity index (χ0v) is 20.2. The highest BCUT2D eigenvalue weighted by Gasteiger charge is 2.47. The molecule has 0 unspecified atom stereocenters. The van der Waals surface area contributed by atoms with Crippen molar-refractivity contribution in [2.45, 2.75) is 105 Å². The molecule has 0 heterocycles. The summed E-state index contributed by atoms with van der Waals surface area (Å²) < 4.78 is 7.15. The SMILES string of the molecule is CC[C@H](C)/C=C(\C)[C@H](O[Si](C(C)C)(C(C)C)C(C)C)[C@H](C)/C=C(\C)C=O. The van der Waals surface area contributed by atoms with Crippen LogP contribution in [0.25, 0.3) is 0 Å². The summed E-state index contributed by atoms with van der Waals surface area (Å²) >= 11 is 0. The van der Waals surface area contributed by atoms with Crippen LogP contribution in [0.1, 0.15) is 82.6 Å². The summed E-state index contributed by atoms with van der Waals surface area (Å²) in [5.41, 5.74) is 3.73. The lowest BCUT2D eigenvalue weighted by Crippen LogP contribution is -2.51. The Balaban J connectivity index is 6.13. The predicted molar refractivity (Wildman–Crippen MR) is 118 cm³/mol. The number of hydrogen-bond acceptors (Lipinski definition) is 2. The van der Waals surface area contributed by atoms with Gasteiger partial charge in [-0.2, -0.15) is 0 Å². The first-order valence-corrected chi connectivity index (χ1v) is 12.6. The molecule has 0 aromatic heterocycles. The second-order valence-electron chi connectivity index (χ2n) is 9.04. The highest BCUT2D eigenvalue weighted by atomic mass is 28.4. The smallest absolute Gasteiger partial charge is 0.201 e. The average Bonchev–Trinajstić information content (AvgIpc) is 2.53. The number of carbonyl (C=O) groups excluding carboxylic acids is 1. The Bertz CT molecular complexity index is 467. The van der Waals surface area contributed by atoms with Gasteiger partial charge in [-0.3, -0.25) is 4.79 Å². The molecule has 0 saturated heterocycles. The van der Waals surface area contributed by atoms with Gasteiger partial charge in [-0.25, -0.2) is 0 Å². The summed E-state index contributed by atoms with van der Waals surface area (Å²) in [6.07, 6.45) is 6.55. The molecule has 0 bridgehead atoms. The topological polar surface area (TPSA) is 26.3 Å². The van der Waals surface area contributed by atoms with Gasteiger partial charge in [0.25, 0.3) is 0 Å². The number of hydrogen-bond donors (Lipinski definition) is 0. The molecule has 3 heteroatoms. The quantitative estimate of drug-likeness (QED) is 0.162. The molecule has 3 atom stereocenters. The van der Waals surface area contributed by atoms with Gasteiger partial charge in [-0.05, 0) is 47.5 Å². The number of allylic oxidation sites excluding steroid dienone is 2. The van der Waals surface area contributed by atoms with Crippen LogP contribution in [-0.2, 0) is 9.22 Å². The lowest BCUT2D eigenvalue weighted by atomic mass is 9.93. The van der Waals surface area contributed by atoms with Crippen LogP contribution in [0.5, 0.6) is 0 Å². The Morgan fingerprint density at radius 2 is 1.35 bits per heavy atom. The molecule has 0 spiro atoms. The lowest BCUT2D eigenvalue weighted by Gasteiger charge is -2.46. The van der Waals surface area contributed by atoms with Crippen LogP contribution in [-0.4, -0.2) is 20.7 Å². The normalized spacial score (nSPS) is 17.8. The van der Waals surface area contributed by atoms with E-state index in [9.17, 15) is 4.79 Å². The fraction of sp³-hybridized carbons (Fsp3) is 0.783. The van der Waals surface area contributed by atoms with Crippen molar-refractivity contribution in [1.82, 2.24) is 0 Å². The summed E-state index contributed by atoms with van der Waals surface area (Å²) in [6.45, 7) is 24.7. The third kappa shape index (κ3) is 6.49. The molecular formula is C23H44O2Si. The van der Waals surface area contributed by atoms with E-state index in [2.05, 4.69) is 81.4 Å². The van der Waals surface area contributed by atoms with E-state index >= 15 is 0 Å². The van der Waals surface area contributed by atoms with Gasteiger partial charge < -0.3 is 4.43 Å². The van der Waals surface area contributed by atoms with Crippen LogP contribution in [0.3, 0.4) is 0 Å². The fourth-order valence-corrected chi connectivity index (χ4v) is 10.1. The third-order valence-corrected chi connectivity index (χ3v) is 11.9. The Morgan fingerprint density at radius 3 is 1.69 bits per heavy atom. The van der Waals surface area contributed by atoms with Gasteiger partial charge >= 0.3 is 0 Å². The molecule has 0 saturated carbocycles. The van der Waals surface area contributed by atoms with Crippen molar-refractivity contribution in [1.29, 1.82) is 0 Å². The molecule has 0 fully saturated rings. The second-order valence-corrected chi connectivity index (χ2v) is 14.4. The molecule has 0 aromatic carbocycles. The van der Waals surface area contributed by atoms with E-state index in [0.29, 0.717) is 22.5 Å². The van der Waals surface area contributed by atoms with Crippen LogP contribution in [0.4, 0.5) is 0 Å². The van der Waals surface area contributed by atoms with Crippen LogP contribution < -0.4 is 0 Å². The Morgan fingerprint density at radius 1 is 0.885 bits per heavy atom. The van der Waals surface area contributed by atoms with Crippen LogP contribution >= 0.6 is 0 Å². The van der Waals surface area contributed by atoms with Crippen LogP contribution in [0.15, 0.2) is 23.3 Å². The van der Waals surface area contributed by atoms with Crippen molar-refractivity contribution in [2.75, 3.05) is 0 Å². The molecule has 0 aliphatic rings. The minimum atomic E-state index is -2.00. The zero-order chi connectivity index (χ0) is 20.7. The van der Waals surface area contributed by atoms with E-state index in [1.165, 1.54) is 5.57 Å². The van der Waals surface area contributed by atoms with E-state index in [1.54, 1.807) is 0 Å². The lowest BCUT2D eigenvalue weighted by molar-refractivity contribution is -0.104. The predicted octanol–water partition coefficient (Wildman–Crippen LogP) is 7.32. The minimum Gasteiger partial charge on any atom is -0.409 e. The average molecular weight is 381 g/mol. The van der Waals surface area contributed by atoms with E-state index in [1.807, 2.05) is 6.92 Å². The molecule has 0 radical (unpaired) electrons. The molecule has 0 rings (SSSR count). The molecular weight excluding hydrogens is 336 g/mol. The molecule has 0 N–H and O–H groups in total. The maximum atomic E-state index is 11.2. The first kappa shape index (κ1) is 25.3. The number of rotatable bonds is 11. The van der Waals surface area contributed by atoms with Crippen molar-refractivity contribution < 1.29 is 9.22 Å². The molecule has 0 amide bonds. The summed E-state index contributed by atoms with van der Waals surface area (Å²) in [5, 5.41) is 0. The minimum absolute atomic E-state index is 0.0396.